The summed E-state index contributed by atoms with van der Waals surface area (Å²) in [7, 11) is 0. The average Bonchev–Trinajstić information content (AvgIpc) is 2.37. The molecule has 0 aliphatic carbocycles. The minimum Gasteiger partial charge on any atom is -0.350 e. The van der Waals surface area contributed by atoms with E-state index in [2.05, 4.69) is 43.4 Å². The Bertz CT molecular complexity index is 427. The molecule has 1 aromatic carbocycles. The van der Waals surface area contributed by atoms with Crippen molar-refractivity contribution in [3.05, 3.63) is 34.4 Å². The molecule has 1 aromatic rings. The Morgan fingerprint density at radius 1 is 1.22 bits per heavy atom. The molecule has 0 saturated heterocycles. The molecular formula is C14H21N3O. The van der Waals surface area contributed by atoms with Gasteiger partial charge in [-0.3, -0.25) is 0 Å². The zero-order valence-electron chi connectivity index (χ0n) is 11.3. The molecule has 0 unspecified atom stereocenters. The van der Waals surface area contributed by atoms with E-state index in [0.29, 0.717) is 0 Å². The third-order valence-corrected chi connectivity index (χ3v) is 2.95. The Morgan fingerprint density at radius 3 is 2.17 bits per heavy atom. The molecule has 18 heavy (non-hydrogen) atoms. The van der Waals surface area contributed by atoms with Crippen molar-refractivity contribution in [2.24, 2.45) is 10.8 Å². The van der Waals surface area contributed by atoms with Crippen LogP contribution in [0.2, 0.25) is 0 Å². The Balaban J connectivity index is 3.14. The number of rotatable bonds is 5. The second-order valence-electron chi connectivity index (χ2n) is 4.12. The molecule has 4 heteroatoms. The number of hydrazone groups is 1. The summed E-state index contributed by atoms with van der Waals surface area (Å²) in [5.41, 5.74) is 12.1. The maximum Gasteiger partial charge on any atom is 0.332 e. The summed E-state index contributed by atoms with van der Waals surface area (Å²) in [6, 6.07) is 3.75. The van der Waals surface area contributed by atoms with Gasteiger partial charge in [-0.2, -0.15) is 5.10 Å². The first-order valence-corrected chi connectivity index (χ1v) is 6.35. The van der Waals surface area contributed by atoms with Crippen LogP contribution < -0.4 is 11.2 Å². The van der Waals surface area contributed by atoms with Gasteiger partial charge in [-0.15, -0.1) is 0 Å². The molecule has 2 amide bonds. The van der Waals surface area contributed by atoms with Gasteiger partial charge in [-0.25, -0.2) is 10.2 Å². The summed E-state index contributed by atoms with van der Waals surface area (Å²) < 4.78 is 0. The Labute approximate surface area is 108 Å². The maximum absolute atomic E-state index is 10.6. The third kappa shape index (κ3) is 3.58. The van der Waals surface area contributed by atoms with Crippen LogP contribution in [0.4, 0.5) is 4.79 Å². The van der Waals surface area contributed by atoms with E-state index in [4.69, 9.17) is 5.73 Å². The number of hydrogen-bond donors (Lipinski definition) is 2. The number of hydrogen-bond acceptors (Lipinski definition) is 2. The fourth-order valence-electron chi connectivity index (χ4n) is 1.97. The van der Waals surface area contributed by atoms with Crippen molar-refractivity contribution in [2.45, 2.75) is 40.0 Å². The normalized spacial score (nSPS) is 10.8. The molecule has 0 heterocycles. The molecule has 4 nitrogen and oxygen atoms in total. The van der Waals surface area contributed by atoms with Crippen LogP contribution >= 0.6 is 0 Å². The molecule has 0 fully saturated rings. The average molecular weight is 247 g/mol. The molecule has 0 aliphatic heterocycles. The van der Waals surface area contributed by atoms with Crippen LogP contribution in [0.15, 0.2) is 17.2 Å². The van der Waals surface area contributed by atoms with Crippen LogP contribution in [-0.4, -0.2) is 12.2 Å². The lowest BCUT2D eigenvalue weighted by Gasteiger charge is -2.11. The van der Waals surface area contributed by atoms with Gasteiger partial charge in [0.05, 0.1) is 6.21 Å². The molecule has 0 atom stereocenters. The highest BCUT2D eigenvalue weighted by atomic mass is 16.2. The molecule has 1 rings (SSSR count). The number of carbonyl (C=O) groups is 1. The highest BCUT2D eigenvalue weighted by molar-refractivity contribution is 5.85. The fraction of sp³-hybridized carbons (Fsp3) is 0.429. The first kappa shape index (κ1) is 14.2. The van der Waals surface area contributed by atoms with E-state index >= 15 is 0 Å². The van der Waals surface area contributed by atoms with Crippen LogP contribution in [0, 0.1) is 0 Å². The fourth-order valence-corrected chi connectivity index (χ4v) is 1.97. The number of urea groups is 1. The summed E-state index contributed by atoms with van der Waals surface area (Å²) in [5, 5.41) is 3.86. The smallest absolute Gasteiger partial charge is 0.332 e. The van der Waals surface area contributed by atoms with E-state index in [1.54, 1.807) is 6.21 Å². The zero-order chi connectivity index (χ0) is 13.5. The van der Waals surface area contributed by atoms with Crippen LogP contribution in [0.1, 0.15) is 43.0 Å². The van der Waals surface area contributed by atoms with Gasteiger partial charge >= 0.3 is 6.03 Å². The number of nitrogens with two attached hydrogens (primary N) is 1. The third-order valence-electron chi connectivity index (χ3n) is 2.95. The van der Waals surface area contributed by atoms with Crippen molar-refractivity contribution in [2.75, 3.05) is 0 Å². The van der Waals surface area contributed by atoms with Gasteiger partial charge in [0.25, 0.3) is 0 Å². The lowest BCUT2D eigenvalue weighted by molar-refractivity contribution is 0.249. The van der Waals surface area contributed by atoms with E-state index in [1.165, 1.54) is 16.7 Å². The number of nitrogens with one attached hydrogen (secondary N) is 1. The van der Waals surface area contributed by atoms with E-state index in [0.717, 1.165) is 24.8 Å². The van der Waals surface area contributed by atoms with E-state index < -0.39 is 6.03 Å². The molecular weight excluding hydrogens is 226 g/mol. The topological polar surface area (TPSA) is 67.5 Å². The number of amides is 2. The Kier molecular flexibility index (Phi) is 5.36. The van der Waals surface area contributed by atoms with Gasteiger partial charge < -0.3 is 5.73 Å². The van der Waals surface area contributed by atoms with E-state index in [1.807, 2.05) is 0 Å². The van der Waals surface area contributed by atoms with Crippen molar-refractivity contribution in [1.29, 1.82) is 0 Å². The standard InChI is InChI=1S/C14H21N3O/c1-4-10-7-11(5-2)13(12(6-3)8-10)9-16-17-14(15)18/h7-9H,4-6H2,1-3H3,(H3,15,17,18)/b16-9+. The summed E-state index contributed by atoms with van der Waals surface area (Å²) in [6.07, 6.45) is 4.59. The lowest BCUT2D eigenvalue weighted by Crippen LogP contribution is -2.24. The molecule has 0 aliphatic rings. The zero-order valence-corrected chi connectivity index (χ0v) is 11.3. The second-order valence-corrected chi connectivity index (χ2v) is 4.12. The quantitative estimate of drug-likeness (QED) is 0.608. The van der Waals surface area contributed by atoms with Gasteiger partial charge in [0.2, 0.25) is 0 Å². The lowest BCUT2D eigenvalue weighted by atomic mass is 9.94. The summed E-state index contributed by atoms with van der Waals surface area (Å²) in [6.45, 7) is 6.39. The van der Waals surface area contributed by atoms with Crippen LogP contribution in [0.25, 0.3) is 0 Å². The molecule has 0 aromatic heterocycles. The van der Waals surface area contributed by atoms with E-state index in [9.17, 15) is 4.79 Å². The molecule has 0 bridgehead atoms. The van der Waals surface area contributed by atoms with Gasteiger partial charge in [0, 0.05) is 5.56 Å². The molecule has 0 saturated carbocycles. The van der Waals surface area contributed by atoms with Gasteiger partial charge in [-0.1, -0.05) is 32.9 Å². The number of aryl methyl sites for hydroxylation is 3. The Morgan fingerprint density at radius 2 is 1.78 bits per heavy atom. The van der Waals surface area contributed by atoms with Crippen molar-refractivity contribution in [3.8, 4) is 0 Å². The van der Waals surface area contributed by atoms with Crippen LogP contribution in [-0.2, 0) is 19.3 Å². The highest BCUT2D eigenvalue weighted by Crippen LogP contribution is 2.18. The number of nitrogens with zero attached hydrogens (tertiary/aromatic N) is 1. The Hall–Kier alpha value is -1.84. The maximum atomic E-state index is 10.6. The monoisotopic (exact) mass is 247 g/mol. The number of benzene rings is 1. The largest absolute Gasteiger partial charge is 0.350 e. The number of carbonyl (C=O) groups excluding carboxylic acids is 1. The van der Waals surface area contributed by atoms with Crippen LogP contribution in [0.3, 0.4) is 0 Å². The van der Waals surface area contributed by atoms with Crippen molar-refractivity contribution >= 4 is 12.2 Å². The molecule has 3 N–H and O–H groups in total. The summed E-state index contributed by atoms with van der Waals surface area (Å²) in [4.78, 5) is 10.6. The SMILES string of the molecule is CCc1cc(CC)c(/C=N/NC(N)=O)c(CC)c1. The minimum absolute atomic E-state index is 0.646. The highest BCUT2D eigenvalue weighted by Gasteiger charge is 2.06. The van der Waals surface area contributed by atoms with Gasteiger partial charge in [0.1, 0.15) is 0 Å². The molecule has 0 spiro atoms. The second kappa shape index (κ2) is 6.79. The summed E-state index contributed by atoms with van der Waals surface area (Å²) in [5.74, 6) is 0. The molecule has 0 radical (unpaired) electrons. The predicted octanol–water partition coefficient (Wildman–Crippen LogP) is 2.38. The van der Waals surface area contributed by atoms with Crippen LogP contribution in [0.5, 0.6) is 0 Å². The first-order valence-electron chi connectivity index (χ1n) is 6.35. The molecule has 98 valence electrons. The van der Waals surface area contributed by atoms with Crippen molar-refractivity contribution < 1.29 is 4.79 Å². The number of primary amides is 1. The van der Waals surface area contributed by atoms with E-state index in [-0.39, 0.29) is 0 Å². The van der Waals surface area contributed by atoms with Crippen molar-refractivity contribution in [3.63, 3.8) is 0 Å². The van der Waals surface area contributed by atoms with Gasteiger partial charge in [-0.05, 0) is 36.0 Å². The minimum atomic E-state index is -0.646. The summed E-state index contributed by atoms with van der Waals surface area (Å²) >= 11 is 0. The predicted molar refractivity (Wildman–Crippen MR) is 74.9 cm³/mol. The first-order chi connectivity index (χ1) is 8.62. The van der Waals surface area contributed by atoms with Crippen molar-refractivity contribution in [1.82, 2.24) is 5.43 Å². The van der Waals surface area contributed by atoms with Gasteiger partial charge in [0.15, 0.2) is 0 Å².